The number of aromatic nitrogens is 4. The van der Waals surface area contributed by atoms with Crippen LogP contribution in [0.25, 0.3) is 11.2 Å². The van der Waals surface area contributed by atoms with Crippen LogP contribution in [0, 0.1) is 12.8 Å². The van der Waals surface area contributed by atoms with Gasteiger partial charge in [-0.15, -0.1) is 0 Å². The van der Waals surface area contributed by atoms with E-state index in [2.05, 4.69) is 16.7 Å². The molecule has 2 saturated heterocycles. The van der Waals surface area contributed by atoms with Gasteiger partial charge in [0.15, 0.2) is 11.8 Å². The predicted molar refractivity (Wildman–Crippen MR) is 152 cm³/mol. The molecular formula is C28H36Cl2N6O3. The Balaban J connectivity index is 1.34. The number of benzene rings is 1. The van der Waals surface area contributed by atoms with Crippen molar-refractivity contribution in [1.29, 1.82) is 0 Å². The number of rotatable bonds is 7. The van der Waals surface area contributed by atoms with Crippen molar-refractivity contribution in [2.75, 3.05) is 31.6 Å². The molecule has 1 aromatic carbocycles. The number of piperidine rings is 1. The Morgan fingerprint density at radius 2 is 2.05 bits per heavy atom. The van der Waals surface area contributed by atoms with E-state index < -0.39 is 12.1 Å². The third kappa shape index (κ3) is 5.59. The van der Waals surface area contributed by atoms with E-state index in [-0.39, 0.29) is 12.1 Å². The Bertz CT molecular complexity index is 1350. The van der Waals surface area contributed by atoms with Gasteiger partial charge in [-0.25, -0.2) is 19.4 Å². The lowest BCUT2D eigenvalue weighted by atomic mass is 9.91. The van der Waals surface area contributed by atoms with Crippen molar-refractivity contribution in [2.45, 2.75) is 70.7 Å². The first-order valence-electron chi connectivity index (χ1n) is 13.6. The number of carbonyl (C=O) groups is 1. The molecule has 0 radical (unpaired) electrons. The Labute approximate surface area is 239 Å². The molecule has 11 heteroatoms. The molecule has 2 fully saturated rings. The second kappa shape index (κ2) is 11.6. The molecule has 2 aliphatic heterocycles. The number of anilines is 1. The lowest BCUT2D eigenvalue weighted by Crippen LogP contribution is -2.52. The number of aliphatic hydroxyl groups is 1. The third-order valence-electron chi connectivity index (χ3n) is 8.34. The van der Waals surface area contributed by atoms with Crippen molar-refractivity contribution < 1.29 is 14.6 Å². The lowest BCUT2D eigenvalue weighted by Gasteiger charge is -2.44. The van der Waals surface area contributed by atoms with Gasteiger partial charge in [0.25, 0.3) is 0 Å². The largest absolute Gasteiger partial charge is 0.467 e. The summed E-state index contributed by atoms with van der Waals surface area (Å²) < 4.78 is 6.63. The molecule has 210 valence electrons. The molecule has 4 heterocycles. The molecule has 9 nitrogen and oxygen atoms in total. The number of hydrogen-bond acceptors (Lipinski definition) is 8. The molecule has 3 aromatic rings. The Morgan fingerprint density at radius 1 is 1.26 bits per heavy atom. The Hall–Kier alpha value is -2.46. The fraction of sp³-hybridized carbons (Fsp3) is 0.571. The van der Waals surface area contributed by atoms with Gasteiger partial charge in [-0.2, -0.15) is 5.10 Å². The van der Waals surface area contributed by atoms with Gasteiger partial charge in [0.1, 0.15) is 11.3 Å². The van der Waals surface area contributed by atoms with Crippen molar-refractivity contribution in [2.24, 2.45) is 5.92 Å². The number of aryl methyl sites for hydroxylation is 1. The van der Waals surface area contributed by atoms with Crippen molar-refractivity contribution in [3.8, 4) is 0 Å². The highest BCUT2D eigenvalue weighted by molar-refractivity contribution is 6.35. The molecule has 0 spiro atoms. The van der Waals surface area contributed by atoms with Crippen molar-refractivity contribution in [3.05, 3.63) is 45.7 Å². The molecule has 0 aliphatic carbocycles. The number of esters is 1. The maximum atomic E-state index is 11.8. The van der Waals surface area contributed by atoms with E-state index in [1.54, 1.807) is 6.07 Å². The zero-order chi connectivity index (χ0) is 27.8. The summed E-state index contributed by atoms with van der Waals surface area (Å²) in [6.45, 7) is 8.95. The summed E-state index contributed by atoms with van der Waals surface area (Å²) in [6.07, 6.45) is 4.23. The fourth-order valence-electron chi connectivity index (χ4n) is 6.31. The van der Waals surface area contributed by atoms with Crippen LogP contribution in [0.5, 0.6) is 0 Å². The Morgan fingerprint density at radius 3 is 2.77 bits per heavy atom. The molecule has 0 amide bonds. The van der Waals surface area contributed by atoms with E-state index >= 15 is 0 Å². The fourth-order valence-corrected chi connectivity index (χ4v) is 6.87. The lowest BCUT2D eigenvalue weighted by molar-refractivity contribution is -0.151. The number of halogens is 2. The highest BCUT2D eigenvalue weighted by Crippen LogP contribution is 2.34. The van der Waals surface area contributed by atoms with Gasteiger partial charge in [0, 0.05) is 35.2 Å². The molecule has 4 unspecified atom stereocenters. The van der Waals surface area contributed by atoms with E-state index in [0.29, 0.717) is 28.4 Å². The van der Waals surface area contributed by atoms with Crippen LogP contribution >= 0.6 is 23.2 Å². The van der Waals surface area contributed by atoms with Crippen LogP contribution in [0.15, 0.2) is 24.4 Å². The first kappa shape index (κ1) is 28.1. The minimum atomic E-state index is -1.07. The van der Waals surface area contributed by atoms with Crippen LogP contribution in [-0.4, -0.2) is 80.7 Å². The second-order valence-corrected chi connectivity index (χ2v) is 11.7. The molecule has 2 aliphatic rings. The first-order valence-corrected chi connectivity index (χ1v) is 14.4. The molecule has 5 atom stereocenters. The maximum Gasteiger partial charge on any atom is 0.334 e. The molecule has 2 aromatic heterocycles. The molecule has 5 rings (SSSR count). The summed E-state index contributed by atoms with van der Waals surface area (Å²) in [5.74, 6) is 0.661. The molecule has 0 saturated carbocycles. The number of hydrogen-bond donors (Lipinski definition) is 1. The van der Waals surface area contributed by atoms with E-state index in [0.717, 1.165) is 67.1 Å². The van der Waals surface area contributed by atoms with Crippen LogP contribution in [0.1, 0.15) is 56.8 Å². The summed E-state index contributed by atoms with van der Waals surface area (Å²) in [5.41, 5.74) is 3.25. The van der Waals surface area contributed by atoms with E-state index in [4.69, 9.17) is 43.0 Å². The number of fused-ring (bicyclic) bond motifs is 1. The van der Waals surface area contributed by atoms with E-state index in [1.165, 1.54) is 7.11 Å². The molecule has 0 bridgehead atoms. The number of aliphatic hydroxyl groups excluding tert-OH is 1. The average Bonchev–Trinajstić information content (AvgIpc) is 3.51. The van der Waals surface area contributed by atoms with Gasteiger partial charge >= 0.3 is 5.97 Å². The first-order chi connectivity index (χ1) is 18.7. The molecular weight excluding hydrogens is 539 g/mol. The van der Waals surface area contributed by atoms with Gasteiger partial charge in [0.2, 0.25) is 0 Å². The van der Waals surface area contributed by atoms with Gasteiger partial charge in [-0.05, 0) is 69.7 Å². The van der Waals surface area contributed by atoms with Gasteiger partial charge < -0.3 is 14.7 Å². The van der Waals surface area contributed by atoms with Gasteiger partial charge in [-0.3, -0.25) is 4.90 Å². The van der Waals surface area contributed by atoms with Crippen LogP contribution in [0.4, 0.5) is 5.82 Å². The minimum Gasteiger partial charge on any atom is -0.467 e. The quantitative estimate of drug-likeness (QED) is 0.407. The highest BCUT2D eigenvalue weighted by Gasteiger charge is 2.38. The second-order valence-electron chi connectivity index (χ2n) is 10.9. The van der Waals surface area contributed by atoms with Gasteiger partial charge in [-0.1, -0.05) is 36.2 Å². The summed E-state index contributed by atoms with van der Waals surface area (Å²) in [6, 6.07) is 5.94. The van der Waals surface area contributed by atoms with Crippen LogP contribution < -0.4 is 4.90 Å². The summed E-state index contributed by atoms with van der Waals surface area (Å²) in [7, 11) is 1.32. The summed E-state index contributed by atoms with van der Waals surface area (Å²) in [4.78, 5) is 26.4. The van der Waals surface area contributed by atoms with E-state index in [9.17, 15) is 9.90 Å². The topological polar surface area (TPSA) is 96.6 Å². The molecule has 39 heavy (non-hydrogen) atoms. The normalized spacial score (nSPS) is 23.8. The van der Waals surface area contributed by atoms with Crippen LogP contribution in [-0.2, 0) is 9.53 Å². The maximum absolute atomic E-state index is 11.8. The number of nitrogens with zero attached hydrogens (tertiary/aromatic N) is 6. The summed E-state index contributed by atoms with van der Waals surface area (Å²) >= 11 is 12.6. The zero-order valence-electron chi connectivity index (χ0n) is 22.8. The van der Waals surface area contributed by atoms with Crippen molar-refractivity contribution >= 4 is 46.2 Å². The van der Waals surface area contributed by atoms with Gasteiger partial charge in [0.05, 0.1) is 25.0 Å². The minimum absolute atomic E-state index is 0.146. The number of ether oxygens (including phenoxy) is 1. The van der Waals surface area contributed by atoms with Crippen LogP contribution in [0.3, 0.4) is 0 Å². The van der Waals surface area contributed by atoms with Crippen LogP contribution in [0.2, 0.25) is 10.0 Å². The predicted octanol–water partition coefficient (Wildman–Crippen LogP) is 4.65. The van der Waals surface area contributed by atoms with E-state index in [1.807, 2.05) is 36.9 Å². The standard InChI is InChI=1S/C28H36Cl2N6O3/c1-16-15-34(11-9-23(16)35-10-5-6-20(35)13-24(37)28(38)39-4)25-14-31-26-17(2)33-36(27(26)32-25)18(3)21-8-7-19(29)12-22(21)30/h7-8,12,14,16,18,20,23-24,37H,5-6,9-11,13,15H2,1-4H3/t16?,18?,20-,23?,24?/m0/s1. The SMILES string of the molecule is COC(=O)C(O)C[C@@H]1CCCN1C1CCN(c2cnc3c(C)nn(C(C)c4ccc(Cl)cc4Cl)c3n2)CC1C. The highest BCUT2D eigenvalue weighted by atomic mass is 35.5. The number of methoxy groups -OCH3 is 1. The monoisotopic (exact) mass is 574 g/mol. The van der Waals surface area contributed by atoms with Crippen molar-refractivity contribution in [3.63, 3.8) is 0 Å². The van der Waals surface area contributed by atoms with Crippen molar-refractivity contribution in [1.82, 2.24) is 24.6 Å². The smallest absolute Gasteiger partial charge is 0.334 e. The third-order valence-corrected chi connectivity index (χ3v) is 8.90. The molecule has 1 N–H and O–H groups in total. The zero-order valence-corrected chi connectivity index (χ0v) is 24.4. The average molecular weight is 576 g/mol. The number of likely N-dealkylation sites (tertiary alicyclic amines) is 1. The summed E-state index contributed by atoms with van der Waals surface area (Å²) in [5, 5.41) is 16.2. The number of carbonyl (C=O) groups excluding carboxylic acids is 1. The Kier molecular flexibility index (Phi) is 8.33.